The number of amides is 2. The van der Waals surface area contributed by atoms with Crippen LogP contribution in [0.2, 0.25) is 0 Å². The summed E-state index contributed by atoms with van der Waals surface area (Å²) in [6, 6.07) is 13.9. The van der Waals surface area contributed by atoms with Gasteiger partial charge in [-0.15, -0.1) is 0 Å². The van der Waals surface area contributed by atoms with E-state index in [0.29, 0.717) is 34.7 Å². The monoisotopic (exact) mass is 639 g/mol. The summed E-state index contributed by atoms with van der Waals surface area (Å²) >= 11 is 0. The molecule has 0 spiro atoms. The number of nitrogens with one attached hydrogen (secondary N) is 2. The third-order valence-corrected chi connectivity index (χ3v) is 8.58. The van der Waals surface area contributed by atoms with Gasteiger partial charge in [0.15, 0.2) is 11.5 Å². The Morgan fingerprint density at radius 3 is 2.26 bits per heavy atom. The number of rotatable bonds is 6. The number of likely N-dealkylation sites (N-methyl/N-ethyl adjacent to an activating group) is 1. The van der Waals surface area contributed by atoms with Crippen LogP contribution < -0.4 is 20.4 Å². The molecule has 3 fully saturated rings. The molecule has 3 aliphatic rings. The second kappa shape index (κ2) is 12.0. The van der Waals surface area contributed by atoms with Gasteiger partial charge in [-0.25, -0.2) is 23.8 Å². The van der Waals surface area contributed by atoms with Crippen LogP contribution in [0.3, 0.4) is 0 Å². The highest BCUT2D eigenvalue weighted by Gasteiger charge is 2.42. The Kier molecular flexibility index (Phi) is 7.88. The molecule has 0 saturated carbocycles. The van der Waals surface area contributed by atoms with Crippen LogP contribution in [0.25, 0.3) is 22.4 Å². The normalized spacial score (nSPS) is 22.0. The first-order valence-corrected chi connectivity index (χ1v) is 15.1. The molecule has 11 nitrogen and oxygen atoms in total. The molecular weight excluding hydrogens is 606 g/mol. The number of ether oxygens (including phenoxy) is 1. The number of fused-ring (bicyclic) bond motifs is 3. The zero-order valence-electron chi connectivity index (χ0n) is 25.0. The van der Waals surface area contributed by atoms with Crippen molar-refractivity contribution in [1.29, 1.82) is 0 Å². The number of urea groups is 1. The average molecular weight is 640 g/mol. The van der Waals surface area contributed by atoms with Gasteiger partial charge in [-0.05, 0) is 55.6 Å². The van der Waals surface area contributed by atoms with Gasteiger partial charge in [0.25, 0.3) is 0 Å². The van der Waals surface area contributed by atoms with Crippen LogP contribution in [-0.2, 0) is 11.3 Å². The van der Waals surface area contributed by atoms with Crippen molar-refractivity contribution in [3.63, 3.8) is 0 Å². The first-order valence-electron chi connectivity index (χ1n) is 15.1. The average Bonchev–Trinajstić information content (AvgIpc) is 3.54. The molecule has 3 atom stereocenters. The molecule has 0 radical (unpaired) electrons. The minimum absolute atomic E-state index is 0.0215. The van der Waals surface area contributed by atoms with Gasteiger partial charge in [0.1, 0.15) is 24.6 Å². The highest BCUT2D eigenvalue weighted by atomic mass is 19.4. The molecule has 0 aliphatic carbocycles. The summed E-state index contributed by atoms with van der Waals surface area (Å²) in [5.74, 6) is 0.555. The molecule has 2 bridgehead atoms. The molecular formula is C31H33F4N9O2. The fourth-order valence-corrected chi connectivity index (χ4v) is 6.19. The van der Waals surface area contributed by atoms with Crippen LogP contribution in [0.4, 0.5) is 45.2 Å². The standard InChI is InChI=1S/C31H33F4N9O2/c1-41-10-12-42(13-11-41)22-8-6-21(7-9-22)38-30(45)37-20-4-2-19(3-5-20)27-39-28(43-16-23-14-25(32)26(17-43)46-23)24-15-36-44(29(24)40-27)18-31(33,34)35/h2-9,15,23,25-26H,10-14,16-18H2,1H3,(H2,37,38,45). The number of hydrogen-bond acceptors (Lipinski definition) is 8. The number of benzene rings is 2. The topological polar surface area (TPSA) is 104 Å². The number of hydrogen-bond donors (Lipinski definition) is 2. The van der Waals surface area contributed by atoms with E-state index in [9.17, 15) is 22.4 Å². The van der Waals surface area contributed by atoms with E-state index in [1.165, 1.54) is 6.20 Å². The summed E-state index contributed by atoms with van der Waals surface area (Å²) < 4.78 is 61.0. The molecule has 3 unspecified atom stereocenters. The minimum atomic E-state index is -4.51. The predicted octanol–water partition coefficient (Wildman–Crippen LogP) is 4.77. The van der Waals surface area contributed by atoms with Gasteiger partial charge in [-0.1, -0.05) is 0 Å². The lowest BCUT2D eigenvalue weighted by molar-refractivity contribution is -0.141. The van der Waals surface area contributed by atoms with E-state index in [1.54, 1.807) is 24.3 Å². The second-order valence-electron chi connectivity index (χ2n) is 12.0. The molecule has 242 valence electrons. The Hall–Kier alpha value is -4.50. The lowest BCUT2D eigenvalue weighted by Gasteiger charge is -2.34. The van der Waals surface area contributed by atoms with Crippen molar-refractivity contribution in [2.75, 3.05) is 66.7 Å². The van der Waals surface area contributed by atoms with E-state index in [2.05, 4.69) is 37.6 Å². The quantitative estimate of drug-likeness (QED) is 0.291. The number of piperazine rings is 1. The third kappa shape index (κ3) is 6.42. The molecule has 46 heavy (non-hydrogen) atoms. The highest BCUT2D eigenvalue weighted by Crippen LogP contribution is 2.35. The summed E-state index contributed by atoms with van der Waals surface area (Å²) in [7, 11) is 2.11. The van der Waals surface area contributed by atoms with Gasteiger partial charge < -0.3 is 30.1 Å². The summed E-state index contributed by atoms with van der Waals surface area (Å²) in [5, 5.41) is 9.92. The number of nitrogens with zero attached hydrogens (tertiary/aromatic N) is 7. The lowest BCUT2D eigenvalue weighted by atomic mass is 10.2. The molecule has 5 heterocycles. The van der Waals surface area contributed by atoms with Crippen LogP contribution in [0, 0.1) is 0 Å². The van der Waals surface area contributed by atoms with Crippen molar-refractivity contribution >= 4 is 39.9 Å². The third-order valence-electron chi connectivity index (χ3n) is 8.58. The summed E-state index contributed by atoms with van der Waals surface area (Å²) in [4.78, 5) is 28.3. The summed E-state index contributed by atoms with van der Waals surface area (Å²) in [5.41, 5.74) is 2.79. The van der Waals surface area contributed by atoms with Gasteiger partial charge in [0.2, 0.25) is 0 Å². The molecule has 3 saturated heterocycles. The maximum atomic E-state index is 14.4. The molecule has 15 heteroatoms. The van der Waals surface area contributed by atoms with Gasteiger partial charge >= 0.3 is 12.2 Å². The first kappa shape index (κ1) is 30.2. The molecule has 7 rings (SSSR count). The maximum absolute atomic E-state index is 14.4. The molecule has 2 aromatic carbocycles. The van der Waals surface area contributed by atoms with Crippen LogP contribution in [-0.4, -0.2) is 102 Å². The number of aromatic nitrogens is 4. The summed E-state index contributed by atoms with van der Waals surface area (Å²) in [6.07, 6.45) is -5.01. The van der Waals surface area contributed by atoms with Crippen molar-refractivity contribution in [3.05, 3.63) is 54.7 Å². The smallest absolute Gasteiger partial charge is 0.369 e. The SMILES string of the molecule is CN1CCN(c2ccc(NC(=O)Nc3ccc(-c4nc(N5CC6CC(F)C(C5)O6)c5cnn(CC(F)(F)F)c5n4)cc3)cc2)CC1. The van der Waals surface area contributed by atoms with Crippen LogP contribution in [0.5, 0.6) is 0 Å². The molecule has 4 aromatic rings. The van der Waals surface area contributed by atoms with Crippen molar-refractivity contribution < 1.29 is 27.1 Å². The molecule has 3 aliphatic heterocycles. The zero-order valence-corrected chi connectivity index (χ0v) is 25.0. The van der Waals surface area contributed by atoms with Crippen molar-refractivity contribution in [1.82, 2.24) is 24.6 Å². The maximum Gasteiger partial charge on any atom is 0.408 e. The number of carbonyl (C=O) groups excluding carboxylic acids is 1. The zero-order chi connectivity index (χ0) is 32.0. The van der Waals surface area contributed by atoms with E-state index in [1.807, 2.05) is 29.2 Å². The predicted molar refractivity (Wildman–Crippen MR) is 166 cm³/mol. The number of carbonyl (C=O) groups is 1. The van der Waals surface area contributed by atoms with E-state index < -0.39 is 31.0 Å². The highest BCUT2D eigenvalue weighted by molar-refractivity contribution is 6.00. The fourth-order valence-electron chi connectivity index (χ4n) is 6.19. The van der Waals surface area contributed by atoms with Crippen molar-refractivity contribution in [2.24, 2.45) is 0 Å². The van der Waals surface area contributed by atoms with Gasteiger partial charge in [0, 0.05) is 68.3 Å². The largest absolute Gasteiger partial charge is 0.408 e. The van der Waals surface area contributed by atoms with Gasteiger partial charge in [-0.3, -0.25) is 0 Å². The van der Waals surface area contributed by atoms with Crippen LogP contribution >= 0.6 is 0 Å². The number of halogens is 4. The second-order valence-corrected chi connectivity index (χ2v) is 12.0. The van der Waals surface area contributed by atoms with E-state index in [-0.39, 0.29) is 30.5 Å². The lowest BCUT2D eigenvalue weighted by Crippen LogP contribution is -2.44. The first-order chi connectivity index (χ1) is 22.1. The number of anilines is 4. The number of alkyl halides is 4. The Labute approximate surface area is 262 Å². The van der Waals surface area contributed by atoms with Crippen LogP contribution in [0.15, 0.2) is 54.7 Å². The molecule has 2 aromatic heterocycles. The molecule has 2 N–H and O–H groups in total. The van der Waals surface area contributed by atoms with E-state index in [4.69, 9.17) is 9.72 Å². The van der Waals surface area contributed by atoms with Gasteiger partial charge in [-0.2, -0.15) is 18.3 Å². The summed E-state index contributed by atoms with van der Waals surface area (Å²) in [6.45, 7) is 3.15. The Morgan fingerprint density at radius 2 is 1.61 bits per heavy atom. The van der Waals surface area contributed by atoms with E-state index >= 15 is 0 Å². The Balaban J connectivity index is 1.08. The van der Waals surface area contributed by atoms with Crippen molar-refractivity contribution in [3.8, 4) is 11.4 Å². The van der Waals surface area contributed by atoms with Gasteiger partial charge in [0.05, 0.1) is 17.7 Å². The number of morpholine rings is 1. The fraction of sp³-hybridized carbons (Fsp3) is 0.419. The van der Waals surface area contributed by atoms with Crippen LogP contribution in [0.1, 0.15) is 6.42 Å². The minimum Gasteiger partial charge on any atom is -0.369 e. The Bertz CT molecular complexity index is 1700. The van der Waals surface area contributed by atoms with E-state index in [0.717, 1.165) is 36.5 Å². The van der Waals surface area contributed by atoms with Crippen molar-refractivity contribution in [2.45, 2.75) is 37.5 Å². The molecule has 2 amide bonds. The Morgan fingerprint density at radius 1 is 0.935 bits per heavy atom.